The quantitative estimate of drug-likeness (QED) is 0.571. The molecule has 0 aliphatic carbocycles. The Morgan fingerprint density at radius 1 is 1.27 bits per heavy atom. The Labute approximate surface area is 71.3 Å². The van der Waals surface area contributed by atoms with E-state index >= 15 is 0 Å². The van der Waals surface area contributed by atoms with Crippen LogP contribution in [0.2, 0.25) is 0 Å². The molecule has 0 saturated carbocycles. The molecule has 1 aliphatic heterocycles. The molecule has 0 bridgehead atoms. The third-order valence-corrected chi connectivity index (χ3v) is 3.05. The van der Waals surface area contributed by atoms with E-state index in [1.54, 1.807) is 0 Å². The van der Waals surface area contributed by atoms with Crippen molar-refractivity contribution >= 4 is 11.8 Å². The number of hydrogen-bond acceptors (Lipinski definition) is 1. The van der Waals surface area contributed by atoms with E-state index in [1.165, 1.54) is 16.4 Å². The highest BCUT2D eigenvalue weighted by atomic mass is 32.2. The van der Waals surface area contributed by atoms with Crippen LogP contribution in [-0.4, -0.2) is 5.75 Å². The molecule has 1 heteroatoms. The number of rotatable bonds is 1. The highest BCUT2D eigenvalue weighted by molar-refractivity contribution is 8.04. The van der Waals surface area contributed by atoms with Crippen LogP contribution in [0.5, 0.6) is 0 Å². The Morgan fingerprint density at radius 3 is 2.45 bits per heavy atom. The number of benzene rings is 1. The van der Waals surface area contributed by atoms with Crippen LogP contribution in [0.3, 0.4) is 0 Å². The Hall–Kier alpha value is -0.820. The minimum Gasteiger partial charge on any atom is -0.175 e. The summed E-state index contributed by atoms with van der Waals surface area (Å²) in [7, 11) is 0. The van der Waals surface area contributed by atoms with Gasteiger partial charge in [0.15, 0.2) is 0 Å². The fourth-order valence-electron chi connectivity index (χ4n) is 1.12. The molecule has 0 aromatic heterocycles. The molecule has 11 heavy (non-hydrogen) atoms. The van der Waals surface area contributed by atoms with Crippen LogP contribution in [0.15, 0.2) is 42.5 Å². The average Bonchev–Trinajstić information content (AvgIpc) is 2.04. The maximum atomic E-state index is 3.96. The van der Waals surface area contributed by atoms with Crippen molar-refractivity contribution in [2.45, 2.75) is 0 Å². The largest absolute Gasteiger partial charge is 0.175 e. The maximum absolute atomic E-state index is 3.96. The third kappa shape index (κ3) is 1.16. The molecule has 0 unspecified atom stereocenters. The normalized spacial score (nSPS) is 16.4. The van der Waals surface area contributed by atoms with Crippen molar-refractivity contribution in [3.8, 4) is 0 Å². The van der Waals surface area contributed by atoms with Gasteiger partial charge in [0, 0.05) is 0 Å². The van der Waals surface area contributed by atoms with Gasteiger partial charge in [0.25, 0.3) is 0 Å². The van der Waals surface area contributed by atoms with E-state index in [-0.39, 0.29) is 0 Å². The molecule has 0 atom stereocenters. The van der Waals surface area contributed by atoms with Crippen LogP contribution >= 0.6 is 11.8 Å². The van der Waals surface area contributed by atoms with Gasteiger partial charge in [-0.15, -0.1) is 35.4 Å². The lowest BCUT2D eigenvalue weighted by Gasteiger charge is -2.35. The van der Waals surface area contributed by atoms with Crippen molar-refractivity contribution in [1.82, 2.24) is 0 Å². The second-order valence-electron chi connectivity index (χ2n) is 2.59. The van der Waals surface area contributed by atoms with Crippen molar-refractivity contribution in [2.24, 2.45) is 0 Å². The van der Waals surface area contributed by atoms with E-state index in [0.29, 0.717) is 0 Å². The summed E-state index contributed by atoms with van der Waals surface area (Å²) in [6.45, 7) is 3.96. The van der Waals surface area contributed by atoms with Gasteiger partial charge >= 0.3 is 0 Å². The molecule has 56 valence electrons. The molecule has 1 aromatic carbocycles. The summed E-state index contributed by atoms with van der Waals surface area (Å²) in [5, 5.41) is 1.37. The molecular formula is C10H9S-. The van der Waals surface area contributed by atoms with Crippen LogP contribution in [0, 0.1) is 5.25 Å². The molecule has 0 nitrogen and oxygen atoms in total. The third-order valence-electron chi connectivity index (χ3n) is 1.75. The summed E-state index contributed by atoms with van der Waals surface area (Å²) in [5.74, 6) is 1.10. The Bertz CT molecular complexity index is 263. The van der Waals surface area contributed by atoms with E-state index in [0.717, 1.165) is 5.75 Å². The van der Waals surface area contributed by atoms with E-state index in [1.807, 2.05) is 17.8 Å². The molecular weight excluding hydrogens is 152 g/mol. The zero-order valence-electron chi connectivity index (χ0n) is 6.21. The number of thioether (sulfide) groups is 1. The van der Waals surface area contributed by atoms with Crippen molar-refractivity contribution < 1.29 is 0 Å². The zero-order chi connectivity index (χ0) is 7.68. The summed E-state index contributed by atoms with van der Waals surface area (Å²) in [6, 6.07) is 10.4. The fourth-order valence-corrected chi connectivity index (χ4v) is 1.92. The lowest BCUT2D eigenvalue weighted by Crippen LogP contribution is -2.11. The first-order chi connectivity index (χ1) is 5.38. The zero-order valence-corrected chi connectivity index (χ0v) is 7.03. The van der Waals surface area contributed by atoms with Gasteiger partial charge in [-0.05, 0) is 5.75 Å². The second kappa shape index (κ2) is 2.67. The first kappa shape index (κ1) is 6.86. The fraction of sp³-hybridized carbons (Fsp3) is 0.100. The van der Waals surface area contributed by atoms with Crippen LogP contribution < -0.4 is 0 Å². The smallest absolute Gasteiger partial charge is 0.00249 e. The van der Waals surface area contributed by atoms with Crippen LogP contribution in [0.1, 0.15) is 5.56 Å². The van der Waals surface area contributed by atoms with Gasteiger partial charge in [0.05, 0.1) is 0 Å². The molecule has 1 aromatic rings. The van der Waals surface area contributed by atoms with E-state index in [9.17, 15) is 0 Å². The minimum atomic E-state index is 1.10. The van der Waals surface area contributed by atoms with E-state index in [2.05, 4.69) is 30.8 Å². The summed E-state index contributed by atoms with van der Waals surface area (Å²) < 4.78 is 0. The van der Waals surface area contributed by atoms with Gasteiger partial charge in [0.2, 0.25) is 0 Å². The van der Waals surface area contributed by atoms with Gasteiger partial charge in [0.1, 0.15) is 0 Å². The summed E-state index contributed by atoms with van der Waals surface area (Å²) >= 11 is 1.88. The Balaban J connectivity index is 2.23. The molecule has 0 N–H and O–H groups in total. The molecule has 1 fully saturated rings. The molecule has 2 rings (SSSR count). The molecule has 1 saturated heterocycles. The van der Waals surface area contributed by atoms with Gasteiger partial charge in [-0.1, -0.05) is 11.3 Å². The van der Waals surface area contributed by atoms with Gasteiger partial charge in [-0.2, -0.15) is 18.3 Å². The van der Waals surface area contributed by atoms with Crippen molar-refractivity contribution in [3.05, 3.63) is 53.3 Å². The molecule has 1 aliphatic rings. The van der Waals surface area contributed by atoms with Crippen molar-refractivity contribution in [2.75, 3.05) is 5.75 Å². The van der Waals surface area contributed by atoms with Gasteiger partial charge in [-0.3, -0.25) is 0 Å². The molecule has 1 heterocycles. The van der Waals surface area contributed by atoms with Crippen LogP contribution in [0.4, 0.5) is 0 Å². The Kier molecular flexibility index (Phi) is 1.66. The van der Waals surface area contributed by atoms with Crippen molar-refractivity contribution in [3.63, 3.8) is 0 Å². The molecule has 0 radical (unpaired) electrons. The monoisotopic (exact) mass is 161 g/mol. The average molecular weight is 161 g/mol. The highest BCUT2D eigenvalue weighted by Crippen LogP contribution is 2.44. The molecule has 0 spiro atoms. The van der Waals surface area contributed by atoms with Gasteiger partial charge in [-0.25, -0.2) is 0 Å². The highest BCUT2D eigenvalue weighted by Gasteiger charge is 2.16. The Morgan fingerprint density at radius 2 is 2.00 bits per heavy atom. The number of hydrogen-bond donors (Lipinski definition) is 0. The standard InChI is InChI=1S/C10H9S/c1-8-7-11-10(8)9-5-3-2-4-6-9/h2-6H,1,7H2/q-1. The topological polar surface area (TPSA) is 0 Å². The lowest BCUT2D eigenvalue weighted by molar-refractivity contribution is 1.30. The second-order valence-corrected chi connectivity index (χ2v) is 3.57. The summed E-state index contributed by atoms with van der Waals surface area (Å²) in [6.07, 6.45) is 0. The molecule has 0 amide bonds. The van der Waals surface area contributed by atoms with Crippen LogP contribution in [0.25, 0.3) is 0 Å². The lowest BCUT2D eigenvalue weighted by atomic mass is 10.1. The van der Waals surface area contributed by atoms with E-state index in [4.69, 9.17) is 0 Å². The minimum absolute atomic E-state index is 1.10. The summed E-state index contributed by atoms with van der Waals surface area (Å²) in [5.41, 5.74) is 2.59. The van der Waals surface area contributed by atoms with Crippen molar-refractivity contribution in [1.29, 1.82) is 0 Å². The predicted octanol–water partition coefficient (Wildman–Crippen LogP) is 2.87. The summed E-state index contributed by atoms with van der Waals surface area (Å²) in [4.78, 5) is 0. The van der Waals surface area contributed by atoms with E-state index < -0.39 is 0 Å². The predicted molar refractivity (Wildman–Crippen MR) is 50.4 cm³/mol. The first-order valence-corrected chi connectivity index (χ1v) is 4.60. The van der Waals surface area contributed by atoms with Crippen LogP contribution in [-0.2, 0) is 0 Å². The SMILES string of the molecule is C=C1CS[C-]1c1ccccc1. The first-order valence-electron chi connectivity index (χ1n) is 3.61. The van der Waals surface area contributed by atoms with Gasteiger partial charge < -0.3 is 0 Å². The maximum Gasteiger partial charge on any atom is -0.00249 e.